The van der Waals surface area contributed by atoms with E-state index in [0.29, 0.717) is 17.8 Å². The fourth-order valence-corrected chi connectivity index (χ4v) is 2.20. The second-order valence-electron chi connectivity index (χ2n) is 4.20. The molecule has 0 saturated carbocycles. The van der Waals surface area contributed by atoms with Gasteiger partial charge in [0.05, 0.1) is 5.69 Å². The number of hydrazine groups is 1. The SMILES string of the molecule is CCN(CC)c1nc(NN)nc(Nc2ccccc2Br)n1. The zero-order chi connectivity index (χ0) is 15.2. The molecule has 2 rings (SSSR count). The second kappa shape index (κ2) is 7.19. The maximum atomic E-state index is 5.44. The molecule has 4 N–H and O–H groups in total. The van der Waals surface area contributed by atoms with E-state index >= 15 is 0 Å². The lowest BCUT2D eigenvalue weighted by molar-refractivity contribution is 0.814. The van der Waals surface area contributed by atoms with Gasteiger partial charge in [0.25, 0.3) is 0 Å². The molecule has 0 aliphatic rings. The molecular formula is C13H18BrN7. The van der Waals surface area contributed by atoms with Gasteiger partial charge in [-0.1, -0.05) is 12.1 Å². The average Bonchev–Trinajstić information content (AvgIpc) is 2.50. The molecule has 7 nitrogen and oxygen atoms in total. The topological polar surface area (TPSA) is 92.0 Å². The molecule has 1 heterocycles. The molecular weight excluding hydrogens is 334 g/mol. The van der Waals surface area contributed by atoms with E-state index in [1.165, 1.54) is 0 Å². The molecule has 0 amide bonds. The number of anilines is 4. The number of nitrogens with two attached hydrogens (primary N) is 1. The van der Waals surface area contributed by atoms with Crippen LogP contribution in [-0.2, 0) is 0 Å². The van der Waals surface area contributed by atoms with Gasteiger partial charge in [0.15, 0.2) is 0 Å². The maximum Gasteiger partial charge on any atom is 0.243 e. The lowest BCUT2D eigenvalue weighted by Gasteiger charge is -2.19. The van der Waals surface area contributed by atoms with E-state index in [1.54, 1.807) is 0 Å². The van der Waals surface area contributed by atoms with Crippen LogP contribution in [0.3, 0.4) is 0 Å². The summed E-state index contributed by atoms with van der Waals surface area (Å²) in [6.07, 6.45) is 0. The molecule has 0 radical (unpaired) electrons. The van der Waals surface area contributed by atoms with Gasteiger partial charge in [0.1, 0.15) is 0 Å². The summed E-state index contributed by atoms with van der Waals surface area (Å²) in [7, 11) is 0. The number of aromatic nitrogens is 3. The number of nitrogen functional groups attached to an aromatic ring is 1. The van der Waals surface area contributed by atoms with Gasteiger partial charge in [0, 0.05) is 17.6 Å². The minimum Gasteiger partial charge on any atom is -0.341 e. The highest BCUT2D eigenvalue weighted by Gasteiger charge is 2.11. The van der Waals surface area contributed by atoms with Crippen molar-refractivity contribution in [1.29, 1.82) is 0 Å². The first-order valence-corrected chi connectivity index (χ1v) is 7.46. The van der Waals surface area contributed by atoms with Crippen molar-refractivity contribution in [3.8, 4) is 0 Å². The van der Waals surface area contributed by atoms with E-state index in [4.69, 9.17) is 5.84 Å². The van der Waals surface area contributed by atoms with E-state index < -0.39 is 0 Å². The van der Waals surface area contributed by atoms with Crippen LogP contribution in [0, 0.1) is 0 Å². The first-order chi connectivity index (χ1) is 10.2. The van der Waals surface area contributed by atoms with Crippen LogP contribution in [0.1, 0.15) is 13.8 Å². The average molecular weight is 352 g/mol. The zero-order valence-corrected chi connectivity index (χ0v) is 13.6. The molecule has 1 aromatic heterocycles. The van der Waals surface area contributed by atoms with Crippen molar-refractivity contribution in [2.24, 2.45) is 5.84 Å². The summed E-state index contributed by atoms with van der Waals surface area (Å²) in [4.78, 5) is 15.0. The molecule has 0 bridgehead atoms. The largest absolute Gasteiger partial charge is 0.341 e. The Bertz CT molecular complexity index is 601. The summed E-state index contributed by atoms with van der Waals surface area (Å²) in [6.45, 7) is 5.70. The molecule has 0 fully saturated rings. The van der Waals surface area contributed by atoms with Crippen LogP contribution in [0.5, 0.6) is 0 Å². The van der Waals surface area contributed by atoms with Gasteiger partial charge in [-0.3, -0.25) is 5.43 Å². The highest BCUT2D eigenvalue weighted by molar-refractivity contribution is 9.10. The Hall–Kier alpha value is -1.93. The summed E-state index contributed by atoms with van der Waals surface area (Å²) >= 11 is 3.48. The number of para-hydroxylation sites is 1. The normalized spacial score (nSPS) is 10.3. The van der Waals surface area contributed by atoms with Crippen molar-refractivity contribution in [1.82, 2.24) is 15.0 Å². The quantitative estimate of drug-likeness (QED) is 0.543. The van der Waals surface area contributed by atoms with Gasteiger partial charge in [-0.2, -0.15) is 15.0 Å². The molecule has 21 heavy (non-hydrogen) atoms. The van der Waals surface area contributed by atoms with Crippen LogP contribution in [0.2, 0.25) is 0 Å². The van der Waals surface area contributed by atoms with Crippen LogP contribution < -0.4 is 21.5 Å². The number of hydrogen-bond donors (Lipinski definition) is 3. The van der Waals surface area contributed by atoms with E-state index in [1.807, 2.05) is 43.0 Å². The van der Waals surface area contributed by atoms with Gasteiger partial charge in [-0.05, 0) is 41.9 Å². The van der Waals surface area contributed by atoms with E-state index in [0.717, 1.165) is 23.2 Å². The van der Waals surface area contributed by atoms with E-state index in [-0.39, 0.29) is 0 Å². The third-order valence-corrected chi connectivity index (χ3v) is 3.61. The number of nitrogens with zero attached hydrogens (tertiary/aromatic N) is 4. The molecule has 112 valence electrons. The monoisotopic (exact) mass is 351 g/mol. The molecule has 1 aromatic carbocycles. The lowest BCUT2D eigenvalue weighted by atomic mass is 10.3. The minimum absolute atomic E-state index is 0.321. The number of hydrogen-bond acceptors (Lipinski definition) is 7. The summed E-state index contributed by atoms with van der Waals surface area (Å²) < 4.78 is 0.928. The van der Waals surface area contributed by atoms with E-state index in [9.17, 15) is 0 Å². The van der Waals surface area contributed by atoms with Gasteiger partial charge in [-0.15, -0.1) is 0 Å². The Morgan fingerprint density at radius 3 is 2.38 bits per heavy atom. The molecule has 0 saturated heterocycles. The summed E-state index contributed by atoms with van der Waals surface area (Å²) in [5, 5.41) is 3.16. The number of nitrogens with one attached hydrogen (secondary N) is 2. The van der Waals surface area contributed by atoms with Crippen LogP contribution >= 0.6 is 15.9 Å². The van der Waals surface area contributed by atoms with Gasteiger partial charge in [0.2, 0.25) is 17.8 Å². The van der Waals surface area contributed by atoms with Crippen LogP contribution in [0.15, 0.2) is 28.7 Å². The van der Waals surface area contributed by atoms with Crippen molar-refractivity contribution < 1.29 is 0 Å². The van der Waals surface area contributed by atoms with Gasteiger partial charge >= 0.3 is 0 Å². The predicted octanol–water partition coefficient (Wildman–Crippen LogP) is 2.51. The highest BCUT2D eigenvalue weighted by Crippen LogP contribution is 2.24. The van der Waals surface area contributed by atoms with Gasteiger partial charge < -0.3 is 10.2 Å². The Balaban J connectivity index is 2.35. The van der Waals surface area contributed by atoms with Crippen molar-refractivity contribution in [2.75, 3.05) is 28.7 Å². The molecule has 2 aromatic rings. The fourth-order valence-electron chi connectivity index (χ4n) is 1.82. The number of rotatable bonds is 6. The smallest absolute Gasteiger partial charge is 0.243 e. The molecule has 8 heteroatoms. The minimum atomic E-state index is 0.321. The molecule has 0 aliphatic heterocycles. The summed E-state index contributed by atoms with van der Waals surface area (Å²) in [6, 6.07) is 7.75. The molecule has 0 aliphatic carbocycles. The zero-order valence-electron chi connectivity index (χ0n) is 12.0. The van der Waals surface area contributed by atoms with Gasteiger partial charge in [-0.25, -0.2) is 5.84 Å². The van der Waals surface area contributed by atoms with E-state index in [2.05, 4.69) is 41.6 Å². The lowest BCUT2D eigenvalue weighted by Crippen LogP contribution is -2.25. The van der Waals surface area contributed by atoms with Crippen molar-refractivity contribution in [3.05, 3.63) is 28.7 Å². The Morgan fingerprint density at radius 2 is 1.76 bits per heavy atom. The molecule has 0 unspecified atom stereocenters. The summed E-state index contributed by atoms with van der Waals surface area (Å²) in [5.41, 5.74) is 3.34. The molecule has 0 spiro atoms. The Labute approximate surface area is 132 Å². The predicted molar refractivity (Wildman–Crippen MR) is 88.6 cm³/mol. The standard InChI is InChI=1S/C13H18BrN7/c1-3-21(4-2)13-18-11(17-12(19-13)20-15)16-10-8-6-5-7-9(10)14/h5-8H,3-4,15H2,1-2H3,(H2,16,17,18,19,20). The Morgan fingerprint density at radius 1 is 1.10 bits per heavy atom. The number of benzene rings is 1. The highest BCUT2D eigenvalue weighted by atomic mass is 79.9. The third-order valence-electron chi connectivity index (χ3n) is 2.92. The maximum absolute atomic E-state index is 5.44. The van der Waals surface area contributed by atoms with Crippen LogP contribution in [0.25, 0.3) is 0 Å². The van der Waals surface area contributed by atoms with Crippen LogP contribution in [0.4, 0.5) is 23.5 Å². The first kappa shape index (κ1) is 15.5. The van der Waals surface area contributed by atoms with Crippen LogP contribution in [-0.4, -0.2) is 28.0 Å². The summed E-state index contributed by atoms with van der Waals surface area (Å²) in [5.74, 6) is 6.77. The third kappa shape index (κ3) is 3.79. The number of halogens is 1. The fraction of sp³-hybridized carbons (Fsp3) is 0.308. The second-order valence-corrected chi connectivity index (χ2v) is 5.06. The van der Waals surface area contributed by atoms with Crippen molar-refractivity contribution >= 4 is 39.5 Å². The van der Waals surface area contributed by atoms with Crippen molar-refractivity contribution in [2.45, 2.75) is 13.8 Å². The molecule has 0 atom stereocenters. The van der Waals surface area contributed by atoms with Crippen molar-refractivity contribution in [3.63, 3.8) is 0 Å². The first-order valence-electron chi connectivity index (χ1n) is 6.67. The Kier molecular flexibility index (Phi) is 5.29.